The maximum absolute atomic E-state index is 5.34. The highest BCUT2D eigenvalue weighted by Crippen LogP contribution is 2.10. The van der Waals surface area contributed by atoms with E-state index in [1.54, 1.807) is 6.20 Å². The molecule has 4 heteroatoms. The summed E-state index contributed by atoms with van der Waals surface area (Å²) in [7, 11) is 0. The average Bonchev–Trinajstić information content (AvgIpc) is 2.52. The molecule has 0 fully saturated rings. The number of rotatable bonds is 4. The second-order valence-corrected chi connectivity index (χ2v) is 2.87. The van der Waals surface area contributed by atoms with Crippen LogP contribution in [0.1, 0.15) is 32.0 Å². The average molecular weight is 168 g/mol. The zero-order chi connectivity index (χ0) is 8.97. The molecule has 1 aromatic rings. The van der Waals surface area contributed by atoms with Gasteiger partial charge in [-0.05, 0) is 19.4 Å². The number of aryl methyl sites for hydroxylation is 1. The maximum Gasteiger partial charge on any atom is 0.0600 e. The van der Waals surface area contributed by atoms with E-state index in [-0.39, 0.29) is 6.04 Å². The van der Waals surface area contributed by atoms with Crippen molar-refractivity contribution >= 4 is 0 Å². The zero-order valence-electron chi connectivity index (χ0n) is 7.62. The molecule has 0 aliphatic heterocycles. The number of nitrogens with one attached hydrogen (secondary N) is 1. The van der Waals surface area contributed by atoms with E-state index in [0.29, 0.717) is 0 Å². The number of hydrogen-bond acceptors (Lipinski definition) is 3. The Morgan fingerprint density at radius 3 is 3.08 bits per heavy atom. The van der Waals surface area contributed by atoms with E-state index in [1.165, 1.54) is 0 Å². The summed E-state index contributed by atoms with van der Waals surface area (Å²) < 4.78 is 1.98. The standard InChI is InChI=1S/C8H16N4/c1-3-6-12-8(4-5-10-12)7(2)11-9/h4-5,7,11H,3,6,9H2,1-2H3. The number of aromatic nitrogens is 2. The lowest BCUT2D eigenvalue weighted by Crippen LogP contribution is -2.27. The van der Waals surface area contributed by atoms with Gasteiger partial charge in [0.1, 0.15) is 0 Å². The van der Waals surface area contributed by atoms with Gasteiger partial charge in [0.15, 0.2) is 0 Å². The Kier molecular flexibility index (Phi) is 3.25. The van der Waals surface area contributed by atoms with Crippen LogP contribution in [0.25, 0.3) is 0 Å². The third kappa shape index (κ3) is 1.84. The SMILES string of the molecule is CCCn1nccc1C(C)NN. The molecule has 0 aliphatic rings. The summed E-state index contributed by atoms with van der Waals surface area (Å²) in [6.45, 7) is 5.10. The minimum absolute atomic E-state index is 0.166. The minimum Gasteiger partial charge on any atom is -0.271 e. The lowest BCUT2D eigenvalue weighted by atomic mass is 10.2. The van der Waals surface area contributed by atoms with Gasteiger partial charge in [0.05, 0.1) is 11.7 Å². The first kappa shape index (κ1) is 9.22. The van der Waals surface area contributed by atoms with Gasteiger partial charge in [-0.25, -0.2) is 0 Å². The molecule has 3 N–H and O–H groups in total. The fraction of sp³-hybridized carbons (Fsp3) is 0.625. The third-order valence-electron chi connectivity index (χ3n) is 1.88. The summed E-state index contributed by atoms with van der Waals surface area (Å²) in [5.41, 5.74) is 3.84. The monoisotopic (exact) mass is 168 g/mol. The van der Waals surface area contributed by atoms with Gasteiger partial charge in [0.2, 0.25) is 0 Å². The molecule has 1 unspecified atom stereocenters. The Labute approximate surface area is 72.7 Å². The first-order chi connectivity index (χ1) is 5.79. The summed E-state index contributed by atoms with van der Waals surface area (Å²) in [6, 6.07) is 2.15. The van der Waals surface area contributed by atoms with Crippen LogP contribution in [-0.4, -0.2) is 9.78 Å². The molecule has 0 saturated carbocycles. The molecule has 0 radical (unpaired) electrons. The van der Waals surface area contributed by atoms with Crippen molar-refractivity contribution in [3.8, 4) is 0 Å². The van der Waals surface area contributed by atoms with Gasteiger partial charge in [0.25, 0.3) is 0 Å². The highest BCUT2D eigenvalue weighted by atomic mass is 15.3. The molecule has 4 nitrogen and oxygen atoms in total. The molecule has 1 atom stereocenters. The summed E-state index contributed by atoms with van der Waals surface area (Å²) in [4.78, 5) is 0. The predicted octanol–water partition coefficient (Wildman–Crippen LogP) is 0.817. The van der Waals surface area contributed by atoms with Crippen molar-refractivity contribution in [2.75, 3.05) is 0 Å². The van der Waals surface area contributed by atoms with Crippen molar-refractivity contribution in [2.45, 2.75) is 32.9 Å². The highest BCUT2D eigenvalue weighted by Gasteiger charge is 2.07. The van der Waals surface area contributed by atoms with E-state index in [4.69, 9.17) is 5.84 Å². The molecule has 0 aliphatic carbocycles. The summed E-state index contributed by atoms with van der Waals surface area (Å²) in [6.07, 6.45) is 2.89. The number of hydrazine groups is 1. The van der Waals surface area contributed by atoms with Gasteiger partial charge in [0, 0.05) is 12.7 Å². The van der Waals surface area contributed by atoms with Crippen LogP contribution in [0.4, 0.5) is 0 Å². The van der Waals surface area contributed by atoms with E-state index in [2.05, 4.69) is 17.4 Å². The Morgan fingerprint density at radius 2 is 2.50 bits per heavy atom. The third-order valence-corrected chi connectivity index (χ3v) is 1.88. The van der Waals surface area contributed by atoms with Crippen molar-refractivity contribution in [1.29, 1.82) is 0 Å². The second kappa shape index (κ2) is 4.23. The van der Waals surface area contributed by atoms with E-state index in [9.17, 15) is 0 Å². The van der Waals surface area contributed by atoms with E-state index in [1.807, 2.05) is 17.7 Å². The summed E-state index contributed by atoms with van der Waals surface area (Å²) in [5, 5.41) is 4.20. The van der Waals surface area contributed by atoms with Crippen molar-refractivity contribution in [2.24, 2.45) is 5.84 Å². The summed E-state index contributed by atoms with van der Waals surface area (Å²) >= 11 is 0. The lowest BCUT2D eigenvalue weighted by molar-refractivity contribution is 0.504. The largest absolute Gasteiger partial charge is 0.271 e. The zero-order valence-corrected chi connectivity index (χ0v) is 7.62. The normalized spacial score (nSPS) is 13.2. The van der Waals surface area contributed by atoms with Crippen LogP contribution in [0.2, 0.25) is 0 Å². The summed E-state index contributed by atoms with van der Waals surface area (Å²) in [5.74, 6) is 5.34. The molecule has 0 amide bonds. The minimum atomic E-state index is 0.166. The maximum atomic E-state index is 5.34. The van der Waals surface area contributed by atoms with E-state index < -0.39 is 0 Å². The van der Waals surface area contributed by atoms with E-state index >= 15 is 0 Å². The van der Waals surface area contributed by atoms with Crippen LogP contribution in [-0.2, 0) is 6.54 Å². The molecule has 1 rings (SSSR count). The fourth-order valence-corrected chi connectivity index (χ4v) is 1.19. The number of nitrogens with two attached hydrogens (primary N) is 1. The smallest absolute Gasteiger partial charge is 0.0600 e. The van der Waals surface area contributed by atoms with Gasteiger partial charge < -0.3 is 0 Å². The molecular weight excluding hydrogens is 152 g/mol. The Morgan fingerprint density at radius 1 is 1.75 bits per heavy atom. The molecule has 0 bridgehead atoms. The van der Waals surface area contributed by atoms with Crippen molar-refractivity contribution in [1.82, 2.24) is 15.2 Å². The molecule has 12 heavy (non-hydrogen) atoms. The first-order valence-corrected chi connectivity index (χ1v) is 4.27. The Balaban J connectivity index is 2.76. The van der Waals surface area contributed by atoms with Crippen LogP contribution in [0.15, 0.2) is 12.3 Å². The van der Waals surface area contributed by atoms with Crippen molar-refractivity contribution in [3.63, 3.8) is 0 Å². The molecule has 0 aromatic carbocycles. The van der Waals surface area contributed by atoms with Gasteiger partial charge in [-0.2, -0.15) is 5.10 Å². The highest BCUT2D eigenvalue weighted by molar-refractivity contribution is 5.05. The van der Waals surface area contributed by atoms with E-state index in [0.717, 1.165) is 18.7 Å². The van der Waals surface area contributed by atoms with Gasteiger partial charge in [-0.1, -0.05) is 6.92 Å². The lowest BCUT2D eigenvalue weighted by Gasteiger charge is -2.11. The quantitative estimate of drug-likeness (QED) is 0.517. The molecule has 0 saturated heterocycles. The Bertz CT molecular complexity index is 231. The second-order valence-electron chi connectivity index (χ2n) is 2.87. The number of hydrogen-bond donors (Lipinski definition) is 2. The molecule has 1 heterocycles. The number of nitrogens with zero attached hydrogens (tertiary/aromatic N) is 2. The first-order valence-electron chi connectivity index (χ1n) is 4.27. The van der Waals surface area contributed by atoms with Gasteiger partial charge >= 0.3 is 0 Å². The van der Waals surface area contributed by atoms with Crippen LogP contribution < -0.4 is 11.3 Å². The van der Waals surface area contributed by atoms with Crippen LogP contribution in [0.3, 0.4) is 0 Å². The Hall–Kier alpha value is -0.870. The van der Waals surface area contributed by atoms with Crippen molar-refractivity contribution in [3.05, 3.63) is 18.0 Å². The van der Waals surface area contributed by atoms with Gasteiger partial charge in [-0.3, -0.25) is 16.0 Å². The van der Waals surface area contributed by atoms with Crippen LogP contribution in [0, 0.1) is 0 Å². The van der Waals surface area contributed by atoms with Gasteiger partial charge in [-0.15, -0.1) is 0 Å². The molecule has 68 valence electrons. The molecule has 1 aromatic heterocycles. The van der Waals surface area contributed by atoms with Crippen LogP contribution in [0.5, 0.6) is 0 Å². The molecule has 0 spiro atoms. The molecular formula is C8H16N4. The van der Waals surface area contributed by atoms with Crippen molar-refractivity contribution < 1.29 is 0 Å². The predicted molar refractivity (Wildman–Crippen MR) is 48.3 cm³/mol. The topological polar surface area (TPSA) is 55.9 Å². The van der Waals surface area contributed by atoms with Crippen LogP contribution >= 0.6 is 0 Å². The fourth-order valence-electron chi connectivity index (χ4n) is 1.19.